The number of nitrogens with zero attached hydrogens (tertiary/aromatic N) is 2. The fourth-order valence-electron chi connectivity index (χ4n) is 6.15. The fraction of sp³-hybridized carbons (Fsp3) is 0.0250. The zero-order valence-corrected chi connectivity index (χ0v) is 23.6. The molecule has 43 heavy (non-hydrogen) atoms. The largest absolute Gasteiger partial charge is 0.353 e. The molecular formula is C40H29N3. The van der Waals surface area contributed by atoms with Gasteiger partial charge in [-0.2, -0.15) is 0 Å². The monoisotopic (exact) mass is 551 g/mol. The highest BCUT2D eigenvalue weighted by atomic mass is 15.3. The summed E-state index contributed by atoms with van der Waals surface area (Å²) in [5.41, 5.74) is 11.6. The molecule has 2 heterocycles. The molecule has 6 aromatic carbocycles. The second-order valence-corrected chi connectivity index (χ2v) is 10.9. The van der Waals surface area contributed by atoms with Crippen molar-refractivity contribution in [2.45, 2.75) is 6.29 Å². The summed E-state index contributed by atoms with van der Waals surface area (Å²) in [4.78, 5) is 5.27. The Hall–Kier alpha value is -5.67. The average Bonchev–Trinajstić information content (AvgIpc) is 3.43. The first-order valence-corrected chi connectivity index (χ1v) is 14.7. The van der Waals surface area contributed by atoms with Crippen LogP contribution < -0.4 is 5.32 Å². The Morgan fingerprint density at radius 2 is 0.977 bits per heavy atom. The number of aliphatic imine (C=N–C) groups is 1. The van der Waals surface area contributed by atoms with Crippen molar-refractivity contribution in [2.24, 2.45) is 4.99 Å². The van der Waals surface area contributed by atoms with E-state index in [-0.39, 0.29) is 6.29 Å². The van der Waals surface area contributed by atoms with Crippen LogP contribution in [0, 0.1) is 0 Å². The summed E-state index contributed by atoms with van der Waals surface area (Å²) in [5, 5.41) is 5.98. The lowest BCUT2D eigenvalue weighted by molar-refractivity contribution is 0.499. The van der Waals surface area contributed by atoms with Gasteiger partial charge >= 0.3 is 0 Å². The van der Waals surface area contributed by atoms with Crippen LogP contribution in [0.2, 0.25) is 0 Å². The second-order valence-electron chi connectivity index (χ2n) is 10.9. The summed E-state index contributed by atoms with van der Waals surface area (Å²) in [5.74, 6) is 0. The first kappa shape index (κ1) is 25.1. The van der Waals surface area contributed by atoms with Gasteiger partial charge in [0.15, 0.2) is 0 Å². The molecule has 3 heteroatoms. The Labute approximate surface area is 251 Å². The molecule has 1 atom stereocenters. The van der Waals surface area contributed by atoms with Gasteiger partial charge in [0.1, 0.15) is 0 Å². The van der Waals surface area contributed by atoms with E-state index in [9.17, 15) is 0 Å². The Bertz CT molecular complexity index is 2140. The summed E-state index contributed by atoms with van der Waals surface area (Å²) in [6.07, 6.45) is 3.81. The van der Waals surface area contributed by atoms with Crippen LogP contribution in [0.5, 0.6) is 0 Å². The zero-order valence-electron chi connectivity index (χ0n) is 23.6. The van der Waals surface area contributed by atoms with Crippen LogP contribution in [0.4, 0.5) is 0 Å². The number of allylic oxidation sites excluding steroid dienone is 1. The number of para-hydroxylation sites is 1. The number of rotatable bonds is 5. The third kappa shape index (κ3) is 4.61. The van der Waals surface area contributed by atoms with E-state index in [4.69, 9.17) is 4.99 Å². The predicted octanol–water partition coefficient (Wildman–Crippen LogP) is 9.86. The van der Waals surface area contributed by atoms with Crippen molar-refractivity contribution < 1.29 is 0 Å². The first-order valence-electron chi connectivity index (χ1n) is 14.7. The van der Waals surface area contributed by atoms with Gasteiger partial charge in [-0.05, 0) is 57.7 Å². The minimum Gasteiger partial charge on any atom is -0.353 e. The van der Waals surface area contributed by atoms with E-state index in [1.165, 1.54) is 44.2 Å². The molecule has 1 N–H and O–H groups in total. The van der Waals surface area contributed by atoms with E-state index in [2.05, 4.69) is 168 Å². The maximum absolute atomic E-state index is 5.27. The molecule has 204 valence electrons. The molecule has 0 amide bonds. The quantitative estimate of drug-likeness (QED) is 0.227. The minimum atomic E-state index is -0.276. The number of benzene rings is 6. The van der Waals surface area contributed by atoms with Gasteiger partial charge in [-0.15, -0.1) is 0 Å². The Kier molecular flexibility index (Phi) is 6.20. The molecule has 0 saturated carbocycles. The van der Waals surface area contributed by atoms with Crippen molar-refractivity contribution in [2.75, 3.05) is 0 Å². The van der Waals surface area contributed by atoms with E-state index in [1.807, 2.05) is 6.20 Å². The van der Waals surface area contributed by atoms with Crippen LogP contribution in [0.25, 0.3) is 55.2 Å². The molecule has 0 bridgehead atoms. The van der Waals surface area contributed by atoms with Crippen molar-refractivity contribution in [3.63, 3.8) is 0 Å². The van der Waals surface area contributed by atoms with Gasteiger partial charge in [0.05, 0.1) is 16.7 Å². The van der Waals surface area contributed by atoms with Crippen LogP contribution >= 0.6 is 0 Å². The van der Waals surface area contributed by atoms with Gasteiger partial charge in [-0.25, -0.2) is 4.99 Å². The lowest BCUT2D eigenvalue weighted by Crippen LogP contribution is -2.25. The number of hydrogen-bond acceptors (Lipinski definition) is 2. The van der Waals surface area contributed by atoms with E-state index < -0.39 is 0 Å². The Balaban J connectivity index is 1.18. The smallest absolute Gasteiger partial charge is 0.201 e. The number of hydrogen-bond donors (Lipinski definition) is 1. The van der Waals surface area contributed by atoms with Crippen LogP contribution in [0.1, 0.15) is 11.9 Å². The molecule has 1 aliphatic rings. The SMILES string of the molecule is C1=CC(c2cccc(-c3ccc(-c4ccccc4)cc3)c2)=NC(n2c3ccccc3c3ccc(-c4ccccc4)cc32)N1. The molecule has 0 aliphatic carbocycles. The molecule has 1 unspecified atom stereocenters. The molecule has 1 aliphatic heterocycles. The lowest BCUT2D eigenvalue weighted by atomic mass is 9.98. The summed E-state index contributed by atoms with van der Waals surface area (Å²) < 4.78 is 2.33. The average molecular weight is 552 g/mol. The maximum atomic E-state index is 5.27. The minimum absolute atomic E-state index is 0.276. The van der Waals surface area contributed by atoms with Crippen LogP contribution in [-0.2, 0) is 0 Å². The molecular weight excluding hydrogens is 522 g/mol. The topological polar surface area (TPSA) is 29.3 Å². The normalized spacial score (nSPS) is 14.5. The van der Waals surface area contributed by atoms with E-state index in [0.29, 0.717) is 0 Å². The molecule has 0 fully saturated rings. The summed E-state index contributed by atoms with van der Waals surface area (Å²) >= 11 is 0. The van der Waals surface area contributed by atoms with Gasteiger partial charge in [0.2, 0.25) is 6.29 Å². The number of nitrogens with one attached hydrogen (secondary N) is 1. The third-order valence-corrected chi connectivity index (χ3v) is 8.29. The number of aromatic nitrogens is 1. The summed E-state index contributed by atoms with van der Waals surface area (Å²) in [6, 6.07) is 53.9. The molecule has 3 nitrogen and oxygen atoms in total. The second kappa shape index (κ2) is 10.6. The Morgan fingerprint density at radius 3 is 1.74 bits per heavy atom. The van der Waals surface area contributed by atoms with Crippen LogP contribution in [-0.4, -0.2) is 10.3 Å². The number of fused-ring (bicyclic) bond motifs is 3. The van der Waals surface area contributed by atoms with Crippen LogP contribution in [0.3, 0.4) is 0 Å². The highest BCUT2D eigenvalue weighted by Crippen LogP contribution is 2.35. The van der Waals surface area contributed by atoms with Gasteiger partial charge in [0, 0.05) is 22.5 Å². The molecule has 0 spiro atoms. The van der Waals surface area contributed by atoms with E-state index >= 15 is 0 Å². The summed E-state index contributed by atoms with van der Waals surface area (Å²) in [7, 11) is 0. The molecule has 0 radical (unpaired) electrons. The van der Waals surface area contributed by atoms with Crippen molar-refractivity contribution >= 4 is 27.5 Å². The third-order valence-electron chi connectivity index (χ3n) is 8.29. The van der Waals surface area contributed by atoms with E-state index in [1.54, 1.807) is 0 Å². The molecule has 0 saturated heterocycles. The molecule has 7 aromatic rings. The van der Waals surface area contributed by atoms with Gasteiger partial charge in [0.25, 0.3) is 0 Å². The van der Waals surface area contributed by atoms with Gasteiger partial charge in [-0.1, -0.05) is 133 Å². The summed E-state index contributed by atoms with van der Waals surface area (Å²) in [6.45, 7) is 0. The lowest BCUT2D eigenvalue weighted by Gasteiger charge is -2.22. The highest BCUT2D eigenvalue weighted by Gasteiger charge is 2.20. The van der Waals surface area contributed by atoms with Gasteiger partial charge in [-0.3, -0.25) is 0 Å². The van der Waals surface area contributed by atoms with Crippen molar-refractivity contribution in [3.8, 4) is 33.4 Å². The standard InChI is InChI=1S/C40H29N3/c1-3-10-28(11-4-1)30-18-20-31(21-19-30)32-14-9-15-34(26-32)37-24-25-41-40(42-37)43-38-17-8-7-16-35(38)36-23-22-33(27-39(36)43)29-12-5-2-6-13-29/h1-27,40-41H. The molecule has 8 rings (SSSR count). The van der Waals surface area contributed by atoms with E-state index in [0.717, 1.165) is 22.3 Å². The van der Waals surface area contributed by atoms with Crippen molar-refractivity contribution in [3.05, 3.63) is 169 Å². The first-order chi connectivity index (χ1) is 21.3. The fourth-order valence-corrected chi connectivity index (χ4v) is 6.15. The van der Waals surface area contributed by atoms with Crippen LogP contribution in [0.15, 0.2) is 169 Å². The van der Waals surface area contributed by atoms with Crippen molar-refractivity contribution in [1.29, 1.82) is 0 Å². The van der Waals surface area contributed by atoms with Gasteiger partial charge < -0.3 is 9.88 Å². The predicted molar refractivity (Wildman–Crippen MR) is 180 cm³/mol. The maximum Gasteiger partial charge on any atom is 0.201 e. The Morgan fingerprint density at radius 1 is 0.442 bits per heavy atom. The molecule has 1 aromatic heterocycles. The highest BCUT2D eigenvalue weighted by molar-refractivity contribution is 6.11. The van der Waals surface area contributed by atoms with Crippen molar-refractivity contribution in [1.82, 2.24) is 9.88 Å². The zero-order chi connectivity index (χ0) is 28.6.